The van der Waals surface area contributed by atoms with Crippen LogP contribution in [0.25, 0.3) is 0 Å². The van der Waals surface area contributed by atoms with Crippen LogP contribution in [0.1, 0.15) is 21.5 Å². The van der Waals surface area contributed by atoms with E-state index in [0.29, 0.717) is 17.9 Å². The number of ether oxygens (including phenoxy) is 1. The van der Waals surface area contributed by atoms with Gasteiger partial charge in [0.25, 0.3) is 5.91 Å². The number of para-hydroxylation sites is 1. The van der Waals surface area contributed by atoms with Gasteiger partial charge in [-0.2, -0.15) is 11.8 Å². The molecule has 0 aliphatic heterocycles. The molecule has 0 bridgehead atoms. The van der Waals surface area contributed by atoms with Gasteiger partial charge in [-0.05, 0) is 30.2 Å². The molecule has 0 unspecified atom stereocenters. The van der Waals surface area contributed by atoms with Crippen LogP contribution in [0.5, 0.6) is 5.75 Å². The van der Waals surface area contributed by atoms with Gasteiger partial charge in [-0.3, -0.25) is 4.79 Å². The molecule has 0 aliphatic carbocycles. The van der Waals surface area contributed by atoms with Crippen LogP contribution in [0.3, 0.4) is 0 Å². The lowest BCUT2D eigenvalue weighted by Crippen LogP contribution is -2.26. The second kappa shape index (κ2) is 8.49. The van der Waals surface area contributed by atoms with E-state index in [1.165, 1.54) is 11.1 Å². The van der Waals surface area contributed by atoms with Crippen molar-refractivity contribution >= 4 is 17.7 Å². The monoisotopic (exact) mass is 315 g/mol. The maximum Gasteiger partial charge on any atom is 0.255 e. The first-order valence-corrected chi connectivity index (χ1v) is 8.41. The van der Waals surface area contributed by atoms with Crippen molar-refractivity contribution in [2.75, 3.05) is 19.4 Å². The molecule has 22 heavy (non-hydrogen) atoms. The molecule has 4 heteroatoms. The van der Waals surface area contributed by atoms with Crippen LogP contribution in [-0.4, -0.2) is 25.3 Å². The van der Waals surface area contributed by atoms with Crippen molar-refractivity contribution in [3.8, 4) is 5.75 Å². The fraction of sp³-hybridized carbons (Fsp3) is 0.278. The summed E-state index contributed by atoms with van der Waals surface area (Å²) in [7, 11) is 1.57. The summed E-state index contributed by atoms with van der Waals surface area (Å²) in [6.45, 7) is 2.77. The highest BCUT2D eigenvalue weighted by atomic mass is 32.2. The van der Waals surface area contributed by atoms with Crippen LogP contribution in [0.15, 0.2) is 48.5 Å². The maximum atomic E-state index is 12.1. The summed E-state index contributed by atoms with van der Waals surface area (Å²) >= 11 is 1.82. The standard InChI is InChI=1S/C18H21NO2S/c1-14-7-3-4-8-15(14)13-22-12-11-19-18(20)16-9-5-6-10-17(16)21-2/h3-10H,11-13H2,1-2H3,(H,19,20). The number of rotatable bonds is 7. The van der Waals surface area contributed by atoms with Gasteiger partial charge in [0.1, 0.15) is 5.75 Å². The van der Waals surface area contributed by atoms with Crippen molar-refractivity contribution in [1.82, 2.24) is 5.32 Å². The lowest BCUT2D eigenvalue weighted by atomic mass is 10.1. The zero-order valence-corrected chi connectivity index (χ0v) is 13.8. The Morgan fingerprint density at radius 1 is 1.14 bits per heavy atom. The van der Waals surface area contributed by atoms with E-state index in [9.17, 15) is 4.79 Å². The Kier molecular flexibility index (Phi) is 6.34. The van der Waals surface area contributed by atoms with Gasteiger partial charge in [-0.25, -0.2) is 0 Å². The molecule has 0 aliphatic rings. The molecule has 0 radical (unpaired) electrons. The Bertz CT molecular complexity index is 628. The van der Waals surface area contributed by atoms with Gasteiger partial charge in [-0.15, -0.1) is 0 Å². The fourth-order valence-electron chi connectivity index (χ4n) is 2.12. The summed E-state index contributed by atoms with van der Waals surface area (Å²) in [5.74, 6) is 2.37. The zero-order valence-electron chi connectivity index (χ0n) is 13.0. The number of hydrogen-bond acceptors (Lipinski definition) is 3. The van der Waals surface area contributed by atoms with Gasteiger partial charge in [0.2, 0.25) is 0 Å². The summed E-state index contributed by atoms with van der Waals surface area (Å²) in [5, 5.41) is 2.93. The predicted octanol–water partition coefficient (Wildman–Crippen LogP) is 3.67. The Balaban J connectivity index is 1.75. The van der Waals surface area contributed by atoms with Crippen molar-refractivity contribution in [3.05, 3.63) is 65.2 Å². The van der Waals surface area contributed by atoms with E-state index in [1.54, 1.807) is 19.2 Å². The van der Waals surface area contributed by atoms with Crippen molar-refractivity contribution in [2.24, 2.45) is 0 Å². The minimum atomic E-state index is -0.0889. The third-order valence-corrected chi connectivity index (χ3v) is 4.41. The van der Waals surface area contributed by atoms with Crippen molar-refractivity contribution in [3.63, 3.8) is 0 Å². The molecule has 3 nitrogen and oxygen atoms in total. The van der Waals surface area contributed by atoms with Gasteiger partial charge in [0.05, 0.1) is 12.7 Å². The number of amides is 1. The number of carbonyl (C=O) groups is 1. The molecule has 2 rings (SSSR count). The molecule has 0 atom stereocenters. The Labute approximate surface area is 136 Å². The molecular weight excluding hydrogens is 294 g/mol. The lowest BCUT2D eigenvalue weighted by Gasteiger charge is -2.09. The summed E-state index contributed by atoms with van der Waals surface area (Å²) in [4.78, 5) is 12.1. The van der Waals surface area contributed by atoms with E-state index < -0.39 is 0 Å². The number of thioether (sulfide) groups is 1. The third-order valence-electron chi connectivity index (χ3n) is 3.40. The largest absolute Gasteiger partial charge is 0.496 e. The molecular formula is C18H21NO2S. The molecule has 0 saturated carbocycles. The van der Waals surface area contributed by atoms with E-state index in [2.05, 4.69) is 36.5 Å². The summed E-state index contributed by atoms with van der Waals surface area (Å²) in [5.41, 5.74) is 3.24. The minimum Gasteiger partial charge on any atom is -0.496 e. The van der Waals surface area contributed by atoms with Crippen molar-refractivity contribution in [1.29, 1.82) is 0 Å². The molecule has 1 N–H and O–H groups in total. The topological polar surface area (TPSA) is 38.3 Å². The van der Waals surface area contributed by atoms with Crippen LogP contribution < -0.4 is 10.1 Å². The van der Waals surface area contributed by atoms with E-state index in [0.717, 1.165) is 11.5 Å². The van der Waals surface area contributed by atoms with Crippen molar-refractivity contribution in [2.45, 2.75) is 12.7 Å². The molecule has 0 spiro atoms. The SMILES string of the molecule is COc1ccccc1C(=O)NCCSCc1ccccc1C. The molecule has 1 amide bonds. The number of carbonyl (C=O) groups excluding carboxylic acids is 1. The first-order chi connectivity index (χ1) is 10.7. The maximum absolute atomic E-state index is 12.1. The molecule has 0 fully saturated rings. The third kappa shape index (κ3) is 4.53. The van der Waals surface area contributed by atoms with Gasteiger partial charge >= 0.3 is 0 Å². The molecule has 0 saturated heterocycles. The Hall–Kier alpha value is -1.94. The highest BCUT2D eigenvalue weighted by Gasteiger charge is 2.10. The minimum absolute atomic E-state index is 0.0889. The fourth-order valence-corrected chi connectivity index (χ4v) is 3.05. The van der Waals surface area contributed by atoms with E-state index in [-0.39, 0.29) is 5.91 Å². The van der Waals surface area contributed by atoms with E-state index in [4.69, 9.17) is 4.74 Å². The van der Waals surface area contributed by atoms with Gasteiger partial charge in [0.15, 0.2) is 0 Å². The number of methoxy groups -OCH3 is 1. The zero-order chi connectivity index (χ0) is 15.8. The normalized spacial score (nSPS) is 10.3. The smallest absolute Gasteiger partial charge is 0.255 e. The second-order valence-corrected chi connectivity index (χ2v) is 6.04. The molecule has 0 heterocycles. The summed E-state index contributed by atoms with van der Waals surface area (Å²) in [6.07, 6.45) is 0. The van der Waals surface area contributed by atoms with Gasteiger partial charge < -0.3 is 10.1 Å². The number of hydrogen-bond donors (Lipinski definition) is 1. The van der Waals surface area contributed by atoms with Gasteiger partial charge in [0, 0.05) is 18.1 Å². The molecule has 116 valence electrons. The second-order valence-electron chi connectivity index (χ2n) is 4.94. The average molecular weight is 315 g/mol. The number of aryl methyl sites for hydroxylation is 1. The van der Waals surface area contributed by atoms with Crippen LogP contribution >= 0.6 is 11.8 Å². The lowest BCUT2D eigenvalue weighted by molar-refractivity contribution is 0.0953. The highest BCUT2D eigenvalue weighted by molar-refractivity contribution is 7.98. The highest BCUT2D eigenvalue weighted by Crippen LogP contribution is 2.17. The van der Waals surface area contributed by atoms with Crippen LogP contribution in [0.4, 0.5) is 0 Å². The van der Waals surface area contributed by atoms with E-state index >= 15 is 0 Å². The van der Waals surface area contributed by atoms with Crippen LogP contribution in [-0.2, 0) is 5.75 Å². The summed E-state index contributed by atoms with van der Waals surface area (Å²) in [6, 6.07) is 15.6. The quantitative estimate of drug-likeness (QED) is 0.792. The average Bonchev–Trinajstić information content (AvgIpc) is 2.56. The number of nitrogens with one attached hydrogen (secondary N) is 1. The molecule has 0 aromatic heterocycles. The molecule has 2 aromatic rings. The first-order valence-electron chi connectivity index (χ1n) is 7.26. The van der Waals surface area contributed by atoms with Crippen LogP contribution in [0.2, 0.25) is 0 Å². The van der Waals surface area contributed by atoms with Crippen LogP contribution in [0, 0.1) is 6.92 Å². The molecule has 2 aromatic carbocycles. The Morgan fingerprint density at radius 2 is 1.86 bits per heavy atom. The van der Waals surface area contributed by atoms with Crippen molar-refractivity contribution < 1.29 is 9.53 Å². The summed E-state index contributed by atoms with van der Waals surface area (Å²) < 4.78 is 5.20. The van der Waals surface area contributed by atoms with E-state index in [1.807, 2.05) is 23.9 Å². The van der Waals surface area contributed by atoms with Gasteiger partial charge in [-0.1, -0.05) is 36.4 Å². The number of benzene rings is 2. The Morgan fingerprint density at radius 3 is 2.64 bits per heavy atom. The predicted molar refractivity (Wildman–Crippen MR) is 92.7 cm³/mol. The first kappa shape index (κ1) is 16.4.